The van der Waals surface area contributed by atoms with E-state index < -0.39 is 0 Å². The SMILES string of the molecule is CC1CC(C)CN(C(=O)CSc2nc3ccccc3c(=O)n2C2CCCCC2)C1. The molecule has 0 radical (unpaired) electrons. The molecule has 1 aliphatic carbocycles. The van der Waals surface area contributed by atoms with Crippen LogP contribution >= 0.6 is 11.8 Å². The fourth-order valence-electron chi connectivity index (χ4n) is 4.97. The van der Waals surface area contributed by atoms with Crippen LogP contribution in [-0.4, -0.2) is 39.2 Å². The second kappa shape index (κ2) is 8.90. The van der Waals surface area contributed by atoms with Crippen molar-refractivity contribution in [2.24, 2.45) is 11.8 Å². The maximum absolute atomic E-state index is 13.3. The van der Waals surface area contributed by atoms with Gasteiger partial charge in [0.25, 0.3) is 5.56 Å². The molecule has 1 aromatic carbocycles. The second-order valence-corrected chi connectivity index (χ2v) is 9.85. The van der Waals surface area contributed by atoms with Crippen LogP contribution in [-0.2, 0) is 4.79 Å². The van der Waals surface area contributed by atoms with E-state index in [1.165, 1.54) is 24.6 Å². The van der Waals surface area contributed by atoms with Gasteiger partial charge in [0.05, 0.1) is 16.7 Å². The molecule has 0 bridgehead atoms. The first-order chi connectivity index (χ1) is 14.0. The van der Waals surface area contributed by atoms with Crippen LogP contribution in [0, 0.1) is 11.8 Å². The zero-order chi connectivity index (χ0) is 20.4. The number of carbonyl (C=O) groups excluding carboxylic acids is 1. The van der Waals surface area contributed by atoms with Crippen LogP contribution in [0.3, 0.4) is 0 Å². The van der Waals surface area contributed by atoms with Crippen molar-refractivity contribution in [3.05, 3.63) is 34.6 Å². The molecule has 2 fully saturated rings. The van der Waals surface area contributed by atoms with Gasteiger partial charge in [0.2, 0.25) is 5.91 Å². The number of likely N-dealkylation sites (tertiary alicyclic amines) is 1. The normalized spacial score (nSPS) is 23.4. The Morgan fingerprint density at radius 1 is 1.10 bits per heavy atom. The van der Waals surface area contributed by atoms with Gasteiger partial charge in [-0.05, 0) is 43.2 Å². The van der Waals surface area contributed by atoms with Gasteiger partial charge in [-0.3, -0.25) is 14.2 Å². The molecule has 1 saturated carbocycles. The van der Waals surface area contributed by atoms with Gasteiger partial charge in [0.1, 0.15) is 0 Å². The second-order valence-electron chi connectivity index (χ2n) is 8.91. The smallest absolute Gasteiger partial charge is 0.262 e. The Bertz CT molecular complexity index is 925. The van der Waals surface area contributed by atoms with E-state index in [1.807, 2.05) is 33.7 Å². The van der Waals surface area contributed by atoms with Crippen LogP contribution in [0.1, 0.15) is 58.4 Å². The third-order valence-corrected chi connectivity index (χ3v) is 7.20. The molecule has 2 heterocycles. The zero-order valence-electron chi connectivity index (χ0n) is 17.5. The molecule has 5 nitrogen and oxygen atoms in total. The number of aromatic nitrogens is 2. The van der Waals surface area contributed by atoms with Gasteiger partial charge in [-0.2, -0.15) is 0 Å². The monoisotopic (exact) mass is 413 g/mol. The fraction of sp³-hybridized carbons (Fsp3) is 0.609. The van der Waals surface area contributed by atoms with Crippen molar-refractivity contribution in [1.29, 1.82) is 0 Å². The lowest BCUT2D eigenvalue weighted by Gasteiger charge is -2.35. The molecule has 1 aromatic heterocycles. The largest absolute Gasteiger partial charge is 0.341 e. The highest BCUT2D eigenvalue weighted by molar-refractivity contribution is 7.99. The van der Waals surface area contributed by atoms with Gasteiger partial charge in [0, 0.05) is 19.1 Å². The van der Waals surface area contributed by atoms with Crippen molar-refractivity contribution in [1.82, 2.24) is 14.5 Å². The number of hydrogen-bond donors (Lipinski definition) is 0. The number of fused-ring (bicyclic) bond motifs is 1. The van der Waals surface area contributed by atoms with E-state index in [0.29, 0.717) is 28.1 Å². The van der Waals surface area contributed by atoms with Crippen LogP contribution in [0.25, 0.3) is 10.9 Å². The van der Waals surface area contributed by atoms with E-state index in [-0.39, 0.29) is 17.5 Å². The minimum Gasteiger partial charge on any atom is -0.341 e. The van der Waals surface area contributed by atoms with Crippen LogP contribution in [0.15, 0.2) is 34.2 Å². The lowest BCUT2D eigenvalue weighted by Crippen LogP contribution is -2.43. The number of piperidine rings is 1. The first-order valence-corrected chi connectivity index (χ1v) is 11.9. The maximum atomic E-state index is 13.3. The third-order valence-electron chi connectivity index (χ3n) is 6.26. The molecule has 2 aromatic rings. The molecular weight excluding hydrogens is 382 g/mol. The van der Waals surface area contributed by atoms with Gasteiger partial charge in [-0.25, -0.2) is 4.98 Å². The Morgan fingerprint density at radius 2 is 1.79 bits per heavy atom. The highest BCUT2D eigenvalue weighted by Gasteiger charge is 2.27. The molecule has 0 spiro atoms. The van der Waals surface area contributed by atoms with Gasteiger partial charge < -0.3 is 4.90 Å². The lowest BCUT2D eigenvalue weighted by atomic mass is 9.92. The van der Waals surface area contributed by atoms with Gasteiger partial charge in [0.15, 0.2) is 5.16 Å². The van der Waals surface area contributed by atoms with Crippen molar-refractivity contribution in [2.45, 2.75) is 63.6 Å². The summed E-state index contributed by atoms with van der Waals surface area (Å²) in [7, 11) is 0. The third kappa shape index (κ3) is 4.52. The molecule has 0 N–H and O–H groups in total. The number of nitrogens with zero attached hydrogens (tertiary/aromatic N) is 3. The maximum Gasteiger partial charge on any atom is 0.262 e. The molecule has 2 unspecified atom stereocenters. The van der Waals surface area contributed by atoms with E-state index in [0.717, 1.165) is 44.3 Å². The van der Waals surface area contributed by atoms with E-state index in [9.17, 15) is 9.59 Å². The van der Waals surface area contributed by atoms with E-state index in [1.54, 1.807) is 0 Å². The number of hydrogen-bond acceptors (Lipinski definition) is 4. The summed E-state index contributed by atoms with van der Waals surface area (Å²) >= 11 is 1.43. The summed E-state index contributed by atoms with van der Waals surface area (Å²) in [6, 6.07) is 7.75. The highest BCUT2D eigenvalue weighted by Crippen LogP contribution is 2.31. The topological polar surface area (TPSA) is 55.2 Å². The van der Waals surface area contributed by atoms with Crippen molar-refractivity contribution in [3.63, 3.8) is 0 Å². The molecule has 4 rings (SSSR count). The van der Waals surface area contributed by atoms with Crippen molar-refractivity contribution in [3.8, 4) is 0 Å². The first-order valence-electron chi connectivity index (χ1n) is 10.9. The summed E-state index contributed by atoms with van der Waals surface area (Å²) in [4.78, 5) is 33.0. The highest BCUT2D eigenvalue weighted by atomic mass is 32.2. The number of benzene rings is 1. The number of carbonyl (C=O) groups is 1. The fourth-order valence-corrected chi connectivity index (χ4v) is 5.94. The molecule has 29 heavy (non-hydrogen) atoms. The molecular formula is C23H31N3O2S. The number of amides is 1. The standard InChI is InChI=1S/C23H31N3O2S/c1-16-12-17(2)14-25(13-16)21(27)15-29-23-24-20-11-7-6-10-19(20)22(28)26(23)18-8-4-3-5-9-18/h6-7,10-11,16-18H,3-5,8-9,12-15H2,1-2H3. The van der Waals surface area contributed by atoms with Crippen molar-refractivity contribution in [2.75, 3.05) is 18.8 Å². The van der Waals surface area contributed by atoms with Gasteiger partial charge in [-0.1, -0.05) is 57.0 Å². The first kappa shape index (κ1) is 20.5. The number of rotatable bonds is 4. The van der Waals surface area contributed by atoms with Crippen LogP contribution in [0.2, 0.25) is 0 Å². The van der Waals surface area contributed by atoms with Gasteiger partial charge in [-0.15, -0.1) is 0 Å². The summed E-state index contributed by atoms with van der Waals surface area (Å²) in [5.41, 5.74) is 0.761. The van der Waals surface area contributed by atoms with Gasteiger partial charge >= 0.3 is 0 Å². The summed E-state index contributed by atoms with van der Waals surface area (Å²) in [6.45, 7) is 6.11. The van der Waals surface area contributed by atoms with Crippen molar-refractivity contribution >= 4 is 28.6 Å². The predicted molar refractivity (Wildman–Crippen MR) is 118 cm³/mol. The summed E-state index contributed by atoms with van der Waals surface area (Å²) in [6.07, 6.45) is 6.75. The number of para-hydroxylation sites is 1. The van der Waals surface area contributed by atoms with Crippen molar-refractivity contribution < 1.29 is 4.79 Å². The summed E-state index contributed by atoms with van der Waals surface area (Å²) in [5.74, 6) is 1.60. The Balaban J connectivity index is 1.60. The average molecular weight is 414 g/mol. The quantitative estimate of drug-likeness (QED) is 0.547. The molecule has 2 aliphatic rings. The Kier molecular flexibility index (Phi) is 6.28. The zero-order valence-corrected chi connectivity index (χ0v) is 18.3. The summed E-state index contributed by atoms with van der Waals surface area (Å²) < 4.78 is 1.89. The Labute approximate surface area is 176 Å². The summed E-state index contributed by atoms with van der Waals surface area (Å²) in [5, 5.41) is 1.37. The van der Waals surface area contributed by atoms with E-state index >= 15 is 0 Å². The number of thioether (sulfide) groups is 1. The van der Waals surface area contributed by atoms with Crippen LogP contribution < -0.4 is 5.56 Å². The minimum absolute atomic E-state index is 0.0395. The predicted octanol–water partition coefficient (Wildman–Crippen LogP) is 4.50. The molecule has 156 valence electrons. The molecule has 2 atom stereocenters. The van der Waals surface area contributed by atoms with E-state index in [4.69, 9.17) is 4.98 Å². The molecule has 6 heteroatoms. The Morgan fingerprint density at radius 3 is 2.52 bits per heavy atom. The lowest BCUT2D eigenvalue weighted by molar-refractivity contribution is -0.130. The minimum atomic E-state index is 0.0395. The molecule has 1 amide bonds. The average Bonchev–Trinajstić information content (AvgIpc) is 2.72. The van der Waals surface area contributed by atoms with E-state index in [2.05, 4.69) is 13.8 Å². The molecule has 1 aliphatic heterocycles. The Hall–Kier alpha value is -1.82. The van der Waals surface area contributed by atoms with Crippen LogP contribution in [0.5, 0.6) is 0 Å². The van der Waals surface area contributed by atoms with Crippen LogP contribution in [0.4, 0.5) is 0 Å². The molecule has 1 saturated heterocycles.